The predicted molar refractivity (Wildman–Crippen MR) is 80.7 cm³/mol. The first-order valence-corrected chi connectivity index (χ1v) is 7.76. The van der Waals surface area contributed by atoms with Crippen molar-refractivity contribution in [3.63, 3.8) is 0 Å². The zero-order valence-corrected chi connectivity index (χ0v) is 12.6. The van der Waals surface area contributed by atoms with Crippen LogP contribution in [0.25, 0.3) is 0 Å². The number of rotatable bonds is 5. The molecule has 2 aromatic rings. The molecular weight excluding hydrogens is 290 g/mol. The Labute approximate surface area is 124 Å². The van der Waals surface area contributed by atoms with E-state index in [0.29, 0.717) is 11.3 Å². The molecule has 0 saturated carbocycles. The van der Waals surface area contributed by atoms with Crippen LogP contribution in [-0.4, -0.2) is 20.5 Å². The van der Waals surface area contributed by atoms with Crippen molar-refractivity contribution >= 4 is 15.7 Å². The summed E-state index contributed by atoms with van der Waals surface area (Å²) in [5, 5.41) is 0. The fraction of sp³-hybridized carbons (Fsp3) is 0.214. The van der Waals surface area contributed by atoms with Crippen LogP contribution in [0.2, 0.25) is 0 Å². The van der Waals surface area contributed by atoms with Gasteiger partial charge in [0, 0.05) is 12.7 Å². The SMILES string of the molecule is COc1ccc(CN)cc1S(=O)(=O)Nc1cncc(C)c1. The minimum Gasteiger partial charge on any atom is -0.495 e. The molecule has 0 saturated heterocycles. The number of benzene rings is 1. The zero-order valence-electron chi connectivity index (χ0n) is 11.8. The molecule has 0 spiro atoms. The summed E-state index contributed by atoms with van der Waals surface area (Å²) in [7, 11) is -2.35. The molecule has 0 atom stereocenters. The first-order valence-electron chi connectivity index (χ1n) is 6.27. The van der Waals surface area contributed by atoms with E-state index in [0.717, 1.165) is 5.56 Å². The minimum absolute atomic E-state index is 0.0504. The van der Waals surface area contributed by atoms with Gasteiger partial charge in [-0.3, -0.25) is 9.71 Å². The van der Waals surface area contributed by atoms with E-state index in [2.05, 4.69) is 9.71 Å². The van der Waals surface area contributed by atoms with Gasteiger partial charge in [0.15, 0.2) is 0 Å². The number of pyridine rings is 1. The molecule has 0 amide bonds. The maximum atomic E-state index is 12.5. The van der Waals surface area contributed by atoms with Gasteiger partial charge in [-0.05, 0) is 36.2 Å². The van der Waals surface area contributed by atoms with E-state index in [1.807, 2.05) is 6.92 Å². The maximum absolute atomic E-state index is 12.5. The van der Waals surface area contributed by atoms with E-state index in [9.17, 15) is 8.42 Å². The Kier molecular flexibility index (Phi) is 4.44. The summed E-state index contributed by atoms with van der Waals surface area (Å²) in [5.41, 5.74) is 7.52. The number of aromatic nitrogens is 1. The average molecular weight is 307 g/mol. The Hall–Kier alpha value is -2.12. The number of hydrogen-bond acceptors (Lipinski definition) is 5. The van der Waals surface area contributed by atoms with Gasteiger partial charge in [0.1, 0.15) is 10.6 Å². The molecule has 6 nitrogen and oxygen atoms in total. The van der Waals surface area contributed by atoms with Crippen LogP contribution in [0.5, 0.6) is 5.75 Å². The summed E-state index contributed by atoms with van der Waals surface area (Å²) >= 11 is 0. The molecule has 1 aromatic heterocycles. The van der Waals surface area contributed by atoms with E-state index >= 15 is 0 Å². The van der Waals surface area contributed by atoms with E-state index < -0.39 is 10.0 Å². The molecule has 0 aliphatic heterocycles. The van der Waals surface area contributed by atoms with Crippen LogP contribution in [0.4, 0.5) is 5.69 Å². The Morgan fingerprint density at radius 1 is 1.29 bits per heavy atom. The third-order valence-electron chi connectivity index (χ3n) is 2.88. The van der Waals surface area contributed by atoms with E-state index in [1.165, 1.54) is 19.4 Å². The van der Waals surface area contributed by atoms with Gasteiger partial charge in [-0.25, -0.2) is 8.42 Å². The topological polar surface area (TPSA) is 94.3 Å². The summed E-state index contributed by atoms with van der Waals surface area (Å²) < 4.78 is 32.6. The third-order valence-corrected chi connectivity index (χ3v) is 4.28. The number of anilines is 1. The molecule has 0 bridgehead atoms. The predicted octanol–water partition coefficient (Wildman–Crippen LogP) is 1.66. The first-order chi connectivity index (χ1) is 9.96. The summed E-state index contributed by atoms with van der Waals surface area (Å²) in [6, 6.07) is 6.52. The van der Waals surface area contributed by atoms with Crippen molar-refractivity contribution < 1.29 is 13.2 Å². The standard InChI is InChI=1S/C14H17N3O3S/c1-10-5-12(9-16-8-10)17-21(18,19)14-6-11(7-15)3-4-13(14)20-2/h3-6,8-9,17H,7,15H2,1-2H3. The maximum Gasteiger partial charge on any atom is 0.265 e. The Morgan fingerprint density at radius 3 is 2.67 bits per heavy atom. The average Bonchev–Trinajstić information content (AvgIpc) is 2.46. The lowest BCUT2D eigenvalue weighted by molar-refractivity contribution is 0.402. The second kappa shape index (κ2) is 6.11. The lowest BCUT2D eigenvalue weighted by Gasteiger charge is -2.12. The highest BCUT2D eigenvalue weighted by atomic mass is 32.2. The molecule has 0 unspecified atom stereocenters. The first kappa shape index (κ1) is 15.3. The lowest BCUT2D eigenvalue weighted by atomic mass is 10.2. The highest BCUT2D eigenvalue weighted by molar-refractivity contribution is 7.92. The molecule has 112 valence electrons. The largest absolute Gasteiger partial charge is 0.495 e. The summed E-state index contributed by atoms with van der Waals surface area (Å²) in [4.78, 5) is 4.01. The number of sulfonamides is 1. The van der Waals surface area contributed by atoms with Crippen molar-refractivity contribution in [2.45, 2.75) is 18.4 Å². The molecule has 0 aliphatic carbocycles. The van der Waals surface area contributed by atoms with Gasteiger partial charge < -0.3 is 10.5 Å². The van der Waals surface area contributed by atoms with Crippen molar-refractivity contribution in [2.24, 2.45) is 5.73 Å². The van der Waals surface area contributed by atoms with Crippen molar-refractivity contribution in [3.8, 4) is 5.75 Å². The Bertz CT molecular complexity index is 745. The number of methoxy groups -OCH3 is 1. The highest BCUT2D eigenvalue weighted by Crippen LogP contribution is 2.26. The molecular formula is C14H17N3O3S. The fourth-order valence-electron chi connectivity index (χ4n) is 1.88. The molecule has 1 heterocycles. The molecule has 21 heavy (non-hydrogen) atoms. The van der Waals surface area contributed by atoms with Crippen molar-refractivity contribution in [2.75, 3.05) is 11.8 Å². The minimum atomic E-state index is -3.78. The van der Waals surface area contributed by atoms with Gasteiger partial charge in [0.05, 0.1) is 19.0 Å². The van der Waals surface area contributed by atoms with Crippen molar-refractivity contribution in [1.29, 1.82) is 0 Å². The highest BCUT2D eigenvalue weighted by Gasteiger charge is 2.20. The molecule has 1 aromatic carbocycles. The second-order valence-electron chi connectivity index (χ2n) is 4.55. The van der Waals surface area contributed by atoms with E-state index in [-0.39, 0.29) is 17.2 Å². The Morgan fingerprint density at radius 2 is 2.05 bits per heavy atom. The van der Waals surface area contributed by atoms with Crippen molar-refractivity contribution in [1.82, 2.24) is 4.98 Å². The monoisotopic (exact) mass is 307 g/mol. The number of hydrogen-bond donors (Lipinski definition) is 2. The molecule has 3 N–H and O–H groups in total. The van der Waals surface area contributed by atoms with Crippen LogP contribution >= 0.6 is 0 Å². The molecule has 0 radical (unpaired) electrons. The number of aryl methyl sites for hydroxylation is 1. The number of nitrogens with one attached hydrogen (secondary N) is 1. The van der Waals surface area contributed by atoms with Gasteiger partial charge >= 0.3 is 0 Å². The van der Waals surface area contributed by atoms with E-state index in [4.69, 9.17) is 10.5 Å². The van der Waals surface area contributed by atoms with E-state index in [1.54, 1.807) is 24.4 Å². The lowest BCUT2D eigenvalue weighted by Crippen LogP contribution is -2.15. The third kappa shape index (κ3) is 3.50. The van der Waals surface area contributed by atoms with Crippen LogP contribution in [0, 0.1) is 6.92 Å². The fourth-order valence-corrected chi connectivity index (χ4v) is 3.13. The van der Waals surface area contributed by atoms with Gasteiger partial charge in [0.25, 0.3) is 10.0 Å². The number of ether oxygens (including phenoxy) is 1. The van der Waals surface area contributed by atoms with Crippen molar-refractivity contribution in [3.05, 3.63) is 47.8 Å². The van der Waals surface area contributed by atoms with Crippen LogP contribution in [0.15, 0.2) is 41.6 Å². The quantitative estimate of drug-likeness (QED) is 0.876. The van der Waals surface area contributed by atoms with Crippen LogP contribution in [-0.2, 0) is 16.6 Å². The summed E-state index contributed by atoms with van der Waals surface area (Å²) in [6.45, 7) is 2.08. The Balaban J connectivity index is 2.43. The molecule has 0 aliphatic rings. The van der Waals surface area contributed by atoms with Crippen LogP contribution < -0.4 is 15.2 Å². The number of nitrogens with two attached hydrogens (primary N) is 1. The molecule has 7 heteroatoms. The summed E-state index contributed by atoms with van der Waals surface area (Å²) in [5.74, 6) is 0.264. The smallest absolute Gasteiger partial charge is 0.265 e. The van der Waals surface area contributed by atoms with Gasteiger partial charge in [-0.2, -0.15) is 0 Å². The zero-order chi connectivity index (χ0) is 15.5. The second-order valence-corrected chi connectivity index (χ2v) is 6.20. The summed E-state index contributed by atoms with van der Waals surface area (Å²) in [6.07, 6.45) is 3.09. The van der Waals surface area contributed by atoms with Crippen LogP contribution in [0.3, 0.4) is 0 Å². The van der Waals surface area contributed by atoms with Gasteiger partial charge in [-0.1, -0.05) is 6.07 Å². The normalized spacial score (nSPS) is 11.2. The molecule has 0 fully saturated rings. The van der Waals surface area contributed by atoms with Gasteiger partial charge in [-0.15, -0.1) is 0 Å². The van der Waals surface area contributed by atoms with Crippen LogP contribution in [0.1, 0.15) is 11.1 Å². The molecule has 2 rings (SSSR count). The number of nitrogens with zero attached hydrogens (tertiary/aromatic N) is 1. The van der Waals surface area contributed by atoms with Gasteiger partial charge in [0.2, 0.25) is 0 Å².